The number of benzene rings is 1. The van der Waals surface area contributed by atoms with E-state index in [0.29, 0.717) is 17.7 Å². The number of carbonyl (C=O) groups excluding carboxylic acids is 2. The third-order valence-electron chi connectivity index (χ3n) is 3.50. The summed E-state index contributed by atoms with van der Waals surface area (Å²) in [6, 6.07) is 5.58. The number of nitrogens with zero attached hydrogens (tertiary/aromatic N) is 1. The van der Waals surface area contributed by atoms with Gasteiger partial charge < -0.3 is 5.32 Å². The van der Waals surface area contributed by atoms with Gasteiger partial charge in [0.05, 0.1) is 6.54 Å². The highest BCUT2D eigenvalue weighted by Gasteiger charge is 2.52. The standard InChI is InChI=1S/C13H13FN2O2S/c14-10-3-1-2-9(6-10)7-16-11(17)13(15-12(16)18)4-5-19-8-13/h1-3,6H,4-5,7-8H2,(H,15,18)/t13-/m0/s1. The summed E-state index contributed by atoms with van der Waals surface area (Å²) in [4.78, 5) is 25.5. The van der Waals surface area contributed by atoms with E-state index >= 15 is 0 Å². The highest BCUT2D eigenvalue weighted by molar-refractivity contribution is 7.99. The highest BCUT2D eigenvalue weighted by atomic mass is 32.2. The lowest BCUT2D eigenvalue weighted by atomic mass is 9.99. The van der Waals surface area contributed by atoms with E-state index in [0.717, 1.165) is 5.75 Å². The molecule has 0 saturated carbocycles. The first-order chi connectivity index (χ1) is 9.11. The van der Waals surface area contributed by atoms with Crippen LogP contribution in [0.5, 0.6) is 0 Å². The lowest BCUT2D eigenvalue weighted by Gasteiger charge is -2.19. The lowest BCUT2D eigenvalue weighted by molar-refractivity contribution is -0.130. The average Bonchev–Trinajstić information content (AvgIpc) is 2.92. The van der Waals surface area contributed by atoms with Gasteiger partial charge in [0, 0.05) is 5.75 Å². The van der Waals surface area contributed by atoms with Gasteiger partial charge in [-0.15, -0.1) is 0 Å². The molecule has 2 aliphatic heterocycles. The van der Waals surface area contributed by atoms with Gasteiger partial charge in [-0.1, -0.05) is 12.1 Å². The van der Waals surface area contributed by atoms with Gasteiger partial charge in [0.25, 0.3) is 5.91 Å². The topological polar surface area (TPSA) is 49.4 Å². The van der Waals surface area contributed by atoms with Crippen molar-refractivity contribution in [3.05, 3.63) is 35.6 Å². The van der Waals surface area contributed by atoms with E-state index in [9.17, 15) is 14.0 Å². The Morgan fingerprint density at radius 3 is 2.95 bits per heavy atom. The summed E-state index contributed by atoms with van der Waals surface area (Å²) in [7, 11) is 0. The van der Waals surface area contributed by atoms with E-state index in [-0.39, 0.29) is 24.3 Å². The number of carbonyl (C=O) groups is 2. The molecule has 0 bridgehead atoms. The number of urea groups is 1. The van der Waals surface area contributed by atoms with Crippen LogP contribution in [0.3, 0.4) is 0 Å². The number of nitrogens with one attached hydrogen (secondary N) is 1. The van der Waals surface area contributed by atoms with Gasteiger partial charge in [-0.05, 0) is 29.9 Å². The Balaban J connectivity index is 1.82. The van der Waals surface area contributed by atoms with Crippen LogP contribution in [-0.2, 0) is 11.3 Å². The van der Waals surface area contributed by atoms with Gasteiger partial charge in [0.1, 0.15) is 11.4 Å². The number of halogens is 1. The molecule has 1 spiro atoms. The lowest BCUT2D eigenvalue weighted by Crippen LogP contribution is -2.46. The van der Waals surface area contributed by atoms with E-state index in [1.54, 1.807) is 23.9 Å². The number of thioether (sulfide) groups is 1. The van der Waals surface area contributed by atoms with Gasteiger partial charge in [-0.25, -0.2) is 9.18 Å². The number of rotatable bonds is 2. The van der Waals surface area contributed by atoms with E-state index in [2.05, 4.69) is 5.32 Å². The molecule has 0 radical (unpaired) electrons. The van der Waals surface area contributed by atoms with Crippen molar-refractivity contribution in [3.8, 4) is 0 Å². The zero-order valence-electron chi connectivity index (χ0n) is 10.2. The maximum absolute atomic E-state index is 13.1. The third kappa shape index (κ3) is 2.10. The fourth-order valence-corrected chi connectivity index (χ4v) is 3.80. The Morgan fingerprint density at radius 1 is 1.42 bits per heavy atom. The summed E-state index contributed by atoms with van der Waals surface area (Å²) in [6.45, 7) is 0.120. The van der Waals surface area contributed by atoms with Crippen molar-refractivity contribution in [3.63, 3.8) is 0 Å². The van der Waals surface area contributed by atoms with Crippen LogP contribution in [0, 0.1) is 5.82 Å². The molecule has 100 valence electrons. The molecule has 2 fully saturated rings. The molecule has 3 amide bonds. The van der Waals surface area contributed by atoms with Crippen molar-refractivity contribution in [2.75, 3.05) is 11.5 Å². The quantitative estimate of drug-likeness (QED) is 0.840. The first kappa shape index (κ1) is 12.5. The molecule has 4 nitrogen and oxygen atoms in total. The van der Waals surface area contributed by atoms with Crippen LogP contribution in [0.25, 0.3) is 0 Å². The number of imide groups is 1. The second-order valence-electron chi connectivity index (χ2n) is 4.84. The molecule has 2 aliphatic rings. The summed E-state index contributed by atoms with van der Waals surface area (Å²) >= 11 is 1.66. The summed E-state index contributed by atoms with van der Waals surface area (Å²) < 4.78 is 13.1. The fraction of sp³-hybridized carbons (Fsp3) is 0.385. The molecule has 1 atom stereocenters. The number of hydrogen-bond donors (Lipinski definition) is 1. The molecule has 1 aromatic rings. The van der Waals surface area contributed by atoms with Gasteiger partial charge in [0.2, 0.25) is 0 Å². The molecule has 0 unspecified atom stereocenters. The fourth-order valence-electron chi connectivity index (χ4n) is 2.47. The summed E-state index contributed by atoms with van der Waals surface area (Å²) in [6.07, 6.45) is 0.669. The van der Waals surface area contributed by atoms with Crippen LogP contribution in [-0.4, -0.2) is 33.9 Å². The average molecular weight is 280 g/mol. The highest BCUT2D eigenvalue weighted by Crippen LogP contribution is 2.33. The monoisotopic (exact) mass is 280 g/mol. The normalized spacial score (nSPS) is 26.3. The largest absolute Gasteiger partial charge is 0.325 e. The predicted molar refractivity (Wildman–Crippen MR) is 70.2 cm³/mol. The third-order valence-corrected chi connectivity index (χ3v) is 4.69. The summed E-state index contributed by atoms with van der Waals surface area (Å²) in [5, 5.41) is 2.79. The molecule has 6 heteroatoms. The Kier molecular flexibility index (Phi) is 2.97. The molecule has 3 rings (SSSR count). The first-order valence-corrected chi connectivity index (χ1v) is 7.22. The molecule has 1 N–H and O–H groups in total. The van der Waals surface area contributed by atoms with E-state index in [1.807, 2.05) is 0 Å². The Morgan fingerprint density at radius 2 is 2.26 bits per heavy atom. The van der Waals surface area contributed by atoms with Gasteiger partial charge in [0.15, 0.2) is 0 Å². The van der Waals surface area contributed by atoms with Gasteiger partial charge >= 0.3 is 6.03 Å². The molecule has 2 saturated heterocycles. The molecule has 0 aromatic heterocycles. The second-order valence-corrected chi connectivity index (χ2v) is 5.94. The van der Waals surface area contributed by atoms with E-state index in [4.69, 9.17) is 0 Å². The van der Waals surface area contributed by atoms with Crippen molar-refractivity contribution in [1.29, 1.82) is 0 Å². The smallest absolute Gasteiger partial charge is 0.322 e. The van der Waals surface area contributed by atoms with Gasteiger partial charge in [-0.3, -0.25) is 9.69 Å². The van der Waals surface area contributed by atoms with Gasteiger partial charge in [-0.2, -0.15) is 11.8 Å². The van der Waals surface area contributed by atoms with Crippen LogP contribution < -0.4 is 5.32 Å². The van der Waals surface area contributed by atoms with Crippen molar-refractivity contribution in [1.82, 2.24) is 10.2 Å². The summed E-state index contributed by atoms with van der Waals surface area (Å²) in [5.41, 5.74) is -0.110. The molecule has 2 heterocycles. The zero-order valence-corrected chi connectivity index (χ0v) is 11.0. The van der Waals surface area contributed by atoms with Crippen LogP contribution in [0.15, 0.2) is 24.3 Å². The van der Waals surface area contributed by atoms with E-state index < -0.39 is 5.54 Å². The molecule has 0 aliphatic carbocycles. The molecule has 19 heavy (non-hydrogen) atoms. The molecule has 1 aromatic carbocycles. The SMILES string of the molecule is O=C1N[C@]2(CCSC2)C(=O)N1Cc1cccc(F)c1. The van der Waals surface area contributed by atoms with E-state index in [1.165, 1.54) is 17.0 Å². The Bertz CT molecular complexity index is 543. The zero-order chi connectivity index (χ0) is 13.5. The van der Waals surface area contributed by atoms with Crippen molar-refractivity contribution in [2.24, 2.45) is 0 Å². The second kappa shape index (κ2) is 4.52. The van der Waals surface area contributed by atoms with Crippen LogP contribution in [0.4, 0.5) is 9.18 Å². The predicted octanol–water partition coefficient (Wildman–Crippen LogP) is 1.75. The maximum Gasteiger partial charge on any atom is 0.325 e. The van der Waals surface area contributed by atoms with Crippen molar-refractivity contribution >= 4 is 23.7 Å². The number of amides is 3. The minimum atomic E-state index is -0.727. The molecular weight excluding hydrogens is 267 g/mol. The van der Waals surface area contributed by atoms with Crippen LogP contribution >= 0.6 is 11.8 Å². The Labute approximate surface area is 114 Å². The minimum absolute atomic E-state index is 0.120. The number of hydrogen-bond acceptors (Lipinski definition) is 3. The van der Waals surface area contributed by atoms with Crippen LogP contribution in [0.2, 0.25) is 0 Å². The molecular formula is C13H13FN2O2S. The summed E-state index contributed by atoms with van der Waals surface area (Å²) in [5.74, 6) is 0.944. The van der Waals surface area contributed by atoms with Crippen LogP contribution in [0.1, 0.15) is 12.0 Å². The maximum atomic E-state index is 13.1. The minimum Gasteiger partial charge on any atom is -0.322 e. The first-order valence-electron chi connectivity index (χ1n) is 6.07. The van der Waals surface area contributed by atoms with Crippen molar-refractivity contribution in [2.45, 2.75) is 18.5 Å². The Hall–Kier alpha value is -1.56. The van der Waals surface area contributed by atoms with Crippen molar-refractivity contribution < 1.29 is 14.0 Å².